The van der Waals surface area contributed by atoms with E-state index in [0.29, 0.717) is 38.5 Å². The predicted octanol–water partition coefficient (Wildman–Crippen LogP) is 3.80. The molecule has 6 heteroatoms. The summed E-state index contributed by atoms with van der Waals surface area (Å²) in [4.78, 5) is 23.7. The SMILES string of the molecule is CC(C)(CCCC#N)OC(=O)CCC(=O)OC(C)(C)CCCC#N. The van der Waals surface area contributed by atoms with E-state index in [1.807, 2.05) is 0 Å². The van der Waals surface area contributed by atoms with E-state index < -0.39 is 23.1 Å². The first kappa shape index (κ1) is 21.9. The molecular formula is C18H28N2O4. The number of nitrogens with zero attached hydrogens (tertiary/aromatic N) is 2. The van der Waals surface area contributed by atoms with E-state index in [1.54, 1.807) is 27.7 Å². The second-order valence-corrected chi connectivity index (χ2v) is 6.99. The van der Waals surface area contributed by atoms with Crippen LogP contribution in [0, 0.1) is 22.7 Å². The Bertz CT molecular complexity index is 452. The summed E-state index contributed by atoms with van der Waals surface area (Å²) >= 11 is 0. The third-order valence-corrected chi connectivity index (χ3v) is 3.45. The molecular weight excluding hydrogens is 308 g/mol. The van der Waals surface area contributed by atoms with Crippen molar-refractivity contribution in [1.82, 2.24) is 0 Å². The summed E-state index contributed by atoms with van der Waals surface area (Å²) in [6.45, 7) is 7.16. The lowest BCUT2D eigenvalue weighted by Crippen LogP contribution is -2.30. The van der Waals surface area contributed by atoms with Gasteiger partial charge in [-0.3, -0.25) is 9.59 Å². The summed E-state index contributed by atoms with van der Waals surface area (Å²) < 4.78 is 10.7. The number of hydrogen-bond acceptors (Lipinski definition) is 6. The van der Waals surface area contributed by atoms with Crippen molar-refractivity contribution in [3.05, 3.63) is 0 Å². The van der Waals surface area contributed by atoms with Crippen molar-refractivity contribution in [1.29, 1.82) is 10.5 Å². The first-order valence-electron chi connectivity index (χ1n) is 8.29. The molecule has 134 valence electrons. The molecule has 0 heterocycles. The smallest absolute Gasteiger partial charge is 0.306 e. The molecule has 0 aliphatic rings. The van der Waals surface area contributed by atoms with E-state index in [1.165, 1.54) is 0 Å². The average Bonchev–Trinajstić information content (AvgIpc) is 2.44. The first-order chi connectivity index (χ1) is 11.1. The molecule has 0 fully saturated rings. The number of carbonyl (C=O) groups is 2. The van der Waals surface area contributed by atoms with Crippen LogP contribution in [0.1, 0.15) is 79.1 Å². The second kappa shape index (κ2) is 10.6. The second-order valence-electron chi connectivity index (χ2n) is 6.99. The Morgan fingerprint density at radius 2 is 1.12 bits per heavy atom. The molecule has 0 aromatic rings. The minimum absolute atomic E-state index is 0.0329. The Kier molecular flexibility index (Phi) is 9.73. The fourth-order valence-electron chi connectivity index (χ4n) is 2.21. The van der Waals surface area contributed by atoms with Gasteiger partial charge in [0.25, 0.3) is 0 Å². The summed E-state index contributed by atoms with van der Waals surface area (Å²) in [5, 5.41) is 17.1. The monoisotopic (exact) mass is 336 g/mol. The Hall–Kier alpha value is -2.08. The molecule has 0 aromatic heterocycles. The molecule has 0 atom stereocenters. The van der Waals surface area contributed by atoms with Crippen molar-refractivity contribution >= 4 is 11.9 Å². The number of rotatable bonds is 11. The van der Waals surface area contributed by atoms with Crippen molar-refractivity contribution < 1.29 is 19.1 Å². The number of carbonyl (C=O) groups excluding carboxylic acids is 2. The standard InChI is InChI=1S/C18H28N2O4/c1-17(2,11-5-7-13-19)23-15(21)9-10-16(22)24-18(3,4)12-6-8-14-20/h5-12H2,1-4H3. The maximum atomic E-state index is 11.8. The third-order valence-electron chi connectivity index (χ3n) is 3.45. The zero-order chi connectivity index (χ0) is 18.6. The van der Waals surface area contributed by atoms with E-state index in [0.717, 1.165) is 0 Å². The number of nitriles is 2. The van der Waals surface area contributed by atoms with Gasteiger partial charge in [-0.05, 0) is 53.4 Å². The van der Waals surface area contributed by atoms with Crippen molar-refractivity contribution in [2.24, 2.45) is 0 Å². The van der Waals surface area contributed by atoms with Crippen LogP contribution in [0.4, 0.5) is 0 Å². The van der Waals surface area contributed by atoms with E-state index in [2.05, 4.69) is 12.1 Å². The molecule has 0 amide bonds. The Balaban J connectivity index is 4.15. The minimum atomic E-state index is -0.644. The summed E-state index contributed by atoms with van der Waals surface area (Å²) in [6.07, 6.45) is 3.31. The highest BCUT2D eigenvalue weighted by Crippen LogP contribution is 2.21. The van der Waals surface area contributed by atoms with Crippen molar-refractivity contribution in [2.45, 2.75) is 90.3 Å². The largest absolute Gasteiger partial charge is 0.460 e. The maximum absolute atomic E-state index is 11.8. The first-order valence-corrected chi connectivity index (χ1v) is 8.29. The van der Waals surface area contributed by atoms with E-state index in [4.69, 9.17) is 20.0 Å². The summed E-state index contributed by atoms with van der Waals surface area (Å²) in [5.41, 5.74) is -1.29. The zero-order valence-electron chi connectivity index (χ0n) is 15.2. The number of esters is 2. The highest BCUT2D eigenvalue weighted by Gasteiger charge is 2.25. The maximum Gasteiger partial charge on any atom is 0.306 e. The summed E-state index contributed by atoms with van der Waals surface area (Å²) in [5.74, 6) is -0.896. The fourth-order valence-corrected chi connectivity index (χ4v) is 2.21. The normalized spacial score (nSPS) is 11.2. The van der Waals surface area contributed by atoms with Crippen LogP contribution in [0.2, 0.25) is 0 Å². The van der Waals surface area contributed by atoms with Gasteiger partial charge in [0.05, 0.1) is 25.0 Å². The van der Waals surface area contributed by atoms with Gasteiger partial charge in [0.1, 0.15) is 11.2 Å². The summed E-state index contributed by atoms with van der Waals surface area (Å²) in [7, 11) is 0. The minimum Gasteiger partial charge on any atom is -0.460 e. The molecule has 24 heavy (non-hydrogen) atoms. The van der Waals surface area contributed by atoms with Crippen LogP contribution < -0.4 is 0 Å². The molecule has 0 aromatic carbocycles. The average molecular weight is 336 g/mol. The molecule has 0 N–H and O–H groups in total. The van der Waals surface area contributed by atoms with Crippen LogP contribution in [0.3, 0.4) is 0 Å². The molecule has 0 radical (unpaired) electrons. The number of ether oxygens (including phenoxy) is 2. The van der Waals surface area contributed by atoms with Crippen LogP contribution >= 0.6 is 0 Å². The number of hydrogen-bond donors (Lipinski definition) is 0. The molecule has 0 spiro atoms. The van der Waals surface area contributed by atoms with E-state index in [-0.39, 0.29) is 12.8 Å². The van der Waals surface area contributed by atoms with Crippen LogP contribution in [0.15, 0.2) is 0 Å². The highest BCUT2D eigenvalue weighted by atomic mass is 16.6. The van der Waals surface area contributed by atoms with Crippen LogP contribution in [-0.4, -0.2) is 23.1 Å². The predicted molar refractivity (Wildman–Crippen MR) is 88.5 cm³/mol. The summed E-state index contributed by atoms with van der Waals surface area (Å²) in [6, 6.07) is 4.11. The van der Waals surface area contributed by atoms with Crippen LogP contribution in [0.5, 0.6) is 0 Å². The van der Waals surface area contributed by atoms with Gasteiger partial charge in [0, 0.05) is 12.8 Å². The van der Waals surface area contributed by atoms with Gasteiger partial charge in [0.15, 0.2) is 0 Å². The topological polar surface area (TPSA) is 100 Å². The fraction of sp³-hybridized carbons (Fsp3) is 0.778. The van der Waals surface area contributed by atoms with Gasteiger partial charge < -0.3 is 9.47 Å². The van der Waals surface area contributed by atoms with Gasteiger partial charge in [0.2, 0.25) is 0 Å². The van der Waals surface area contributed by atoms with Crippen LogP contribution in [-0.2, 0) is 19.1 Å². The molecule has 0 aliphatic carbocycles. The van der Waals surface area contributed by atoms with Gasteiger partial charge in [-0.25, -0.2) is 0 Å². The molecule has 0 saturated carbocycles. The van der Waals surface area contributed by atoms with Gasteiger partial charge in [-0.2, -0.15) is 10.5 Å². The lowest BCUT2D eigenvalue weighted by atomic mass is 10.0. The van der Waals surface area contributed by atoms with Crippen LogP contribution in [0.25, 0.3) is 0 Å². The van der Waals surface area contributed by atoms with Crippen molar-refractivity contribution in [3.8, 4) is 12.1 Å². The van der Waals surface area contributed by atoms with Gasteiger partial charge in [-0.1, -0.05) is 0 Å². The molecule has 0 bridgehead atoms. The molecule has 0 saturated heterocycles. The third kappa shape index (κ3) is 11.5. The Labute approximate surface area is 144 Å². The highest BCUT2D eigenvalue weighted by molar-refractivity contribution is 5.78. The lowest BCUT2D eigenvalue weighted by Gasteiger charge is -2.26. The molecule has 0 unspecified atom stereocenters. The van der Waals surface area contributed by atoms with Gasteiger partial charge >= 0.3 is 11.9 Å². The molecule has 0 rings (SSSR count). The quantitative estimate of drug-likeness (QED) is 0.420. The zero-order valence-corrected chi connectivity index (χ0v) is 15.2. The molecule has 0 aliphatic heterocycles. The lowest BCUT2D eigenvalue weighted by molar-refractivity contribution is -0.164. The number of unbranched alkanes of at least 4 members (excludes halogenated alkanes) is 2. The van der Waals surface area contributed by atoms with Crippen molar-refractivity contribution in [2.75, 3.05) is 0 Å². The molecule has 6 nitrogen and oxygen atoms in total. The van der Waals surface area contributed by atoms with E-state index >= 15 is 0 Å². The van der Waals surface area contributed by atoms with Gasteiger partial charge in [-0.15, -0.1) is 0 Å². The Morgan fingerprint density at radius 1 is 0.792 bits per heavy atom. The van der Waals surface area contributed by atoms with E-state index in [9.17, 15) is 9.59 Å². The van der Waals surface area contributed by atoms with Crippen molar-refractivity contribution in [3.63, 3.8) is 0 Å². The Morgan fingerprint density at radius 3 is 1.42 bits per heavy atom.